The average molecular weight is 279 g/mol. The summed E-state index contributed by atoms with van der Waals surface area (Å²) >= 11 is 3.30. The van der Waals surface area contributed by atoms with Crippen LogP contribution in [0.3, 0.4) is 0 Å². The highest BCUT2D eigenvalue weighted by Gasteiger charge is 2.18. The van der Waals surface area contributed by atoms with Gasteiger partial charge in [-0.05, 0) is 30.4 Å². The Labute approximate surface area is 113 Å². The van der Waals surface area contributed by atoms with Crippen LogP contribution >= 0.6 is 23.1 Å². The van der Waals surface area contributed by atoms with Crippen molar-refractivity contribution in [3.8, 4) is 0 Å². The molecule has 1 aromatic heterocycles. The van der Waals surface area contributed by atoms with Gasteiger partial charge in [0.2, 0.25) is 0 Å². The number of nitrogen functional groups attached to an aromatic ring is 1. The Morgan fingerprint density at radius 3 is 3.17 bits per heavy atom. The van der Waals surface area contributed by atoms with Gasteiger partial charge in [-0.25, -0.2) is 4.98 Å². The first-order chi connectivity index (χ1) is 8.72. The van der Waals surface area contributed by atoms with Crippen LogP contribution in [-0.2, 0) is 0 Å². The zero-order valence-corrected chi connectivity index (χ0v) is 11.3. The summed E-state index contributed by atoms with van der Waals surface area (Å²) in [5, 5.41) is 3.60. The molecule has 18 heavy (non-hydrogen) atoms. The van der Waals surface area contributed by atoms with Crippen molar-refractivity contribution in [2.75, 3.05) is 17.2 Å². The van der Waals surface area contributed by atoms with E-state index < -0.39 is 0 Å². The maximum atomic E-state index is 12.1. The molecule has 1 saturated heterocycles. The molecule has 0 saturated carbocycles. The van der Waals surface area contributed by atoms with E-state index in [9.17, 15) is 4.79 Å². The normalized spacial score (nSPS) is 19.2. The van der Waals surface area contributed by atoms with Crippen molar-refractivity contribution in [2.24, 2.45) is 0 Å². The molecule has 0 spiro atoms. The molecule has 1 aliphatic rings. The summed E-state index contributed by atoms with van der Waals surface area (Å²) in [5.41, 5.74) is 7.19. The van der Waals surface area contributed by atoms with Crippen LogP contribution in [0.5, 0.6) is 0 Å². The van der Waals surface area contributed by atoms with Gasteiger partial charge in [-0.15, -0.1) is 0 Å². The first-order valence-corrected chi connectivity index (χ1v) is 7.74. The number of thiazole rings is 1. The first-order valence-electron chi connectivity index (χ1n) is 5.77. The van der Waals surface area contributed by atoms with Crippen LogP contribution in [0.1, 0.15) is 16.8 Å². The quantitative estimate of drug-likeness (QED) is 0.883. The zero-order valence-electron chi connectivity index (χ0n) is 9.68. The molecule has 1 aliphatic heterocycles. The topological polar surface area (TPSA) is 68.0 Å². The van der Waals surface area contributed by atoms with Gasteiger partial charge in [0.05, 0.1) is 10.2 Å². The number of nitrogens with one attached hydrogen (secondary N) is 1. The van der Waals surface area contributed by atoms with Crippen molar-refractivity contribution in [3.63, 3.8) is 0 Å². The summed E-state index contributed by atoms with van der Waals surface area (Å²) in [4.78, 5) is 16.3. The van der Waals surface area contributed by atoms with E-state index in [1.807, 2.05) is 23.9 Å². The molecule has 94 valence electrons. The van der Waals surface area contributed by atoms with E-state index in [0.29, 0.717) is 16.7 Å². The number of anilines is 1. The van der Waals surface area contributed by atoms with Crippen LogP contribution in [-0.4, -0.2) is 28.4 Å². The number of carbonyl (C=O) groups excluding carboxylic acids is 1. The van der Waals surface area contributed by atoms with E-state index in [0.717, 1.165) is 28.1 Å². The molecule has 1 aromatic carbocycles. The van der Waals surface area contributed by atoms with Gasteiger partial charge in [-0.3, -0.25) is 4.79 Å². The number of nitrogens with zero attached hydrogens (tertiary/aromatic N) is 1. The third kappa shape index (κ3) is 2.30. The van der Waals surface area contributed by atoms with Crippen LogP contribution < -0.4 is 11.1 Å². The molecule has 6 heteroatoms. The first kappa shape index (κ1) is 11.8. The Morgan fingerprint density at radius 2 is 2.39 bits per heavy atom. The van der Waals surface area contributed by atoms with Gasteiger partial charge in [0, 0.05) is 17.4 Å². The van der Waals surface area contributed by atoms with E-state index in [4.69, 9.17) is 5.73 Å². The molecular weight excluding hydrogens is 266 g/mol. The van der Waals surface area contributed by atoms with Gasteiger partial charge in [0.1, 0.15) is 0 Å². The molecule has 1 fully saturated rings. The lowest BCUT2D eigenvalue weighted by atomic mass is 10.2. The molecular formula is C12H13N3OS2. The van der Waals surface area contributed by atoms with Crippen LogP contribution in [0.2, 0.25) is 0 Å². The number of carbonyl (C=O) groups is 1. The van der Waals surface area contributed by atoms with Gasteiger partial charge in [0.15, 0.2) is 5.13 Å². The highest BCUT2D eigenvalue weighted by atomic mass is 32.2. The lowest BCUT2D eigenvalue weighted by molar-refractivity contribution is 0.0941. The predicted molar refractivity (Wildman–Crippen MR) is 77.2 cm³/mol. The second kappa shape index (κ2) is 4.78. The van der Waals surface area contributed by atoms with E-state index in [1.54, 1.807) is 6.07 Å². The third-order valence-electron chi connectivity index (χ3n) is 2.93. The van der Waals surface area contributed by atoms with Crippen LogP contribution in [0.15, 0.2) is 18.2 Å². The molecule has 1 atom stereocenters. The number of thioether (sulfide) groups is 1. The molecule has 3 N–H and O–H groups in total. The Bertz CT molecular complexity index is 590. The zero-order chi connectivity index (χ0) is 12.5. The fourth-order valence-electron chi connectivity index (χ4n) is 2.00. The van der Waals surface area contributed by atoms with Crippen LogP contribution in [0.4, 0.5) is 5.13 Å². The van der Waals surface area contributed by atoms with E-state index in [2.05, 4.69) is 10.3 Å². The molecule has 0 aliphatic carbocycles. The lowest BCUT2D eigenvalue weighted by Crippen LogP contribution is -2.34. The lowest BCUT2D eigenvalue weighted by Gasteiger charge is -2.10. The summed E-state index contributed by atoms with van der Waals surface area (Å²) in [7, 11) is 0. The van der Waals surface area contributed by atoms with Crippen molar-refractivity contribution in [2.45, 2.75) is 12.5 Å². The number of aromatic nitrogens is 1. The molecule has 0 bridgehead atoms. The van der Waals surface area contributed by atoms with Gasteiger partial charge >= 0.3 is 0 Å². The molecule has 2 heterocycles. The second-order valence-electron chi connectivity index (χ2n) is 4.27. The number of fused-ring (bicyclic) bond motifs is 1. The van der Waals surface area contributed by atoms with E-state index in [-0.39, 0.29) is 5.91 Å². The number of amides is 1. The Morgan fingerprint density at radius 1 is 1.50 bits per heavy atom. The van der Waals surface area contributed by atoms with Gasteiger partial charge in [0.25, 0.3) is 5.91 Å². The summed E-state index contributed by atoms with van der Waals surface area (Å²) in [5.74, 6) is 2.15. The van der Waals surface area contributed by atoms with Crippen molar-refractivity contribution in [1.29, 1.82) is 0 Å². The van der Waals surface area contributed by atoms with E-state index in [1.165, 1.54) is 11.3 Å². The predicted octanol–water partition coefficient (Wildman–Crippen LogP) is 2.11. The highest BCUT2D eigenvalue weighted by Crippen LogP contribution is 2.25. The Balaban J connectivity index is 1.81. The monoisotopic (exact) mass is 279 g/mol. The summed E-state index contributed by atoms with van der Waals surface area (Å²) in [6.45, 7) is 0. The fraction of sp³-hybridized carbons (Fsp3) is 0.333. The average Bonchev–Trinajstić information content (AvgIpc) is 2.95. The summed E-state index contributed by atoms with van der Waals surface area (Å²) in [6.07, 6.45) is 1.06. The Kier molecular flexibility index (Phi) is 3.13. The maximum Gasteiger partial charge on any atom is 0.251 e. The molecule has 1 unspecified atom stereocenters. The number of rotatable bonds is 2. The van der Waals surface area contributed by atoms with E-state index >= 15 is 0 Å². The van der Waals surface area contributed by atoms with Gasteiger partial charge in [-0.1, -0.05) is 11.3 Å². The summed E-state index contributed by atoms with van der Waals surface area (Å²) < 4.78 is 0.959. The SMILES string of the molecule is Nc1nc2ccc(C(=O)NC3CCSC3)cc2s1. The van der Waals surface area contributed by atoms with Gasteiger partial charge < -0.3 is 11.1 Å². The molecule has 1 amide bonds. The number of benzene rings is 1. The molecule has 2 aromatic rings. The molecule has 0 radical (unpaired) electrons. The van der Waals surface area contributed by atoms with Crippen molar-refractivity contribution >= 4 is 44.4 Å². The summed E-state index contributed by atoms with van der Waals surface area (Å²) in [6, 6.07) is 5.82. The second-order valence-corrected chi connectivity index (χ2v) is 6.48. The standard InChI is InChI=1S/C12H13N3OS2/c13-12-15-9-2-1-7(5-10(9)18-12)11(16)14-8-3-4-17-6-8/h1-2,5,8H,3-4,6H2,(H2,13,15)(H,14,16). The smallest absolute Gasteiger partial charge is 0.251 e. The Hall–Kier alpha value is -1.27. The third-order valence-corrected chi connectivity index (χ3v) is 4.94. The minimum absolute atomic E-state index is 0.00336. The van der Waals surface area contributed by atoms with Crippen LogP contribution in [0, 0.1) is 0 Å². The van der Waals surface area contributed by atoms with Crippen molar-refractivity contribution in [1.82, 2.24) is 10.3 Å². The van der Waals surface area contributed by atoms with Gasteiger partial charge in [-0.2, -0.15) is 11.8 Å². The minimum Gasteiger partial charge on any atom is -0.375 e. The van der Waals surface area contributed by atoms with Crippen LogP contribution in [0.25, 0.3) is 10.2 Å². The minimum atomic E-state index is -0.00336. The number of hydrogen-bond donors (Lipinski definition) is 2. The van der Waals surface area contributed by atoms with Crippen molar-refractivity contribution in [3.05, 3.63) is 23.8 Å². The number of nitrogens with two attached hydrogens (primary N) is 1. The molecule has 4 nitrogen and oxygen atoms in total. The number of hydrogen-bond acceptors (Lipinski definition) is 5. The molecule has 3 rings (SSSR count). The highest BCUT2D eigenvalue weighted by molar-refractivity contribution is 7.99. The fourth-order valence-corrected chi connectivity index (χ4v) is 3.93. The largest absolute Gasteiger partial charge is 0.375 e. The van der Waals surface area contributed by atoms with Crippen molar-refractivity contribution < 1.29 is 4.79 Å². The maximum absolute atomic E-state index is 12.1.